The number of hydrogen-bond donors (Lipinski definition) is 1. The molecular formula is C18H27N3. The van der Waals surface area contributed by atoms with Crippen molar-refractivity contribution in [3.8, 4) is 0 Å². The Bertz CT molecular complexity index is 621. The maximum Gasteiger partial charge on any atom is 0.109 e. The Morgan fingerprint density at radius 3 is 2.76 bits per heavy atom. The summed E-state index contributed by atoms with van der Waals surface area (Å²) in [6.07, 6.45) is 6.26. The van der Waals surface area contributed by atoms with Crippen LogP contribution in [0.4, 0.5) is 0 Å². The van der Waals surface area contributed by atoms with Gasteiger partial charge in [0.1, 0.15) is 5.82 Å². The van der Waals surface area contributed by atoms with E-state index in [-0.39, 0.29) is 0 Å². The largest absolute Gasteiger partial charge is 0.328 e. The molecule has 1 aromatic heterocycles. The smallest absolute Gasteiger partial charge is 0.109 e. The van der Waals surface area contributed by atoms with Gasteiger partial charge >= 0.3 is 0 Å². The summed E-state index contributed by atoms with van der Waals surface area (Å²) in [7, 11) is 0. The van der Waals surface area contributed by atoms with Crippen LogP contribution in [0, 0.1) is 13.8 Å². The maximum atomic E-state index is 4.84. The van der Waals surface area contributed by atoms with Gasteiger partial charge in [-0.1, -0.05) is 13.3 Å². The van der Waals surface area contributed by atoms with Crippen molar-refractivity contribution in [2.45, 2.75) is 65.5 Å². The summed E-state index contributed by atoms with van der Waals surface area (Å²) in [5, 5.41) is 3.65. The van der Waals surface area contributed by atoms with E-state index in [1.807, 2.05) is 0 Å². The molecule has 2 heterocycles. The van der Waals surface area contributed by atoms with E-state index in [4.69, 9.17) is 4.98 Å². The first-order valence-electron chi connectivity index (χ1n) is 8.38. The topological polar surface area (TPSA) is 29.9 Å². The lowest BCUT2D eigenvalue weighted by atomic mass is 10.0. The fourth-order valence-corrected chi connectivity index (χ4v) is 3.40. The van der Waals surface area contributed by atoms with Crippen LogP contribution < -0.4 is 5.32 Å². The second kappa shape index (κ2) is 6.18. The molecule has 21 heavy (non-hydrogen) atoms. The lowest BCUT2D eigenvalue weighted by molar-refractivity contribution is 0.366. The summed E-state index contributed by atoms with van der Waals surface area (Å²) < 4.78 is 2.44. The Balaban J connectivity index is 1.86. The monoisotopic (exact) mass is 285 g/mol. The van der Waals surface area contributed by atoms with Crippen molar-refractivity contribution in [3.05, 3.63) is 29.1 Å². The first kappa shape index (κ1) is 14.6. The molecule has 1 atom stereocenters. The van der Waals surface area contributed by atoms with Gasteiger partial charge in [-0.3, -0.25) is 0 Å². The van der Waals surface area contributed by atoms with E-state index in [2.05, 4.69) is 42.8 Å². The van der Waals surface area contributed by atoms with Gasteiger partial charge < -0.3 is 9.88 Å². The molecule has 0 aliphatic carbocycles. The molecule has 1 saturated heterocycles. The van der Waals surface area contributed by atoms with Crippen LogP contribution in [0.3, 0.4) is 0 Å². The molecular weight excluding hydrogens is 258 g/mol. The minimum absolute atomic E-state index is 0.687. The fourth-order valence-electron chi connectivity index (χ4n) is 3.40. The molecule has 0 radical (unpaired) electrons. The lowest BCUT2D eigenvalue weighted by Crippen LogP contribution is -2.34. The van der Waals surface area contributed by atoms with Gasteiger partial charge in [0.05, 0.1) is 11.0 Å². The molecule has 3 nitrogen and oxygen atoms in total. The van der Waals surface area contributed by atoms with Crippen LogP contribution in [-0.4, -0.2) is 22.1 Å². The van der Waals surface area contributed by atoms with Crippen molar-refractivity contribution in [1.29, 1.82) is 0 Å². The van der Waals surface area contributed by atoms with Crippen LogP contribution >= 0.6 is 0 Å². The van der Waals surface area contributed by atoms with Crippen LogP contribution in [0.1, 0.15) is 49.6 Å². The minimum Gasteiger partial charge on any atom is -0.328 e. The summed E-state index contributed by atoms with van der Waals surface area (Å²) in [5.41, 5.74) is 5.17. The third kappa shape index (κ3) is 2.98. The number of hydrogen-bond acceptors (Lipinski definition) is 2. The van der Waals surface area contributed by atoms with Crippen molar-refractivity contribution in [2.24, 2.45) is 0 Å². The molecule has 114 valence electrons. The summed E-state index contributed by atoms with van der Waals surface area (Å²) in [5.74, 6) is 1.23. The van der Waals surface area contributed by atoms with Crippen molar-refractivity contribution < 1.29 is 0 Å². The third-order valence-electron chi connectivity index (χ3n) is 4.87. The molecule has 1 aromatic carbocycles. The Morgan fingerprint density at radius 1 is 1.24 bits per heavy atom. The Hall–Kier alpha value is -1.35. The molecule has 0 bridgehead atoms. The van der Waals surface area contributed by atoms with Crippen molar-refractivity contribution >= 4 is 11.0 Å². The van der Waals surface area contributed by atoms with E-state index in [1.165, 1.54) is 54.7 Å². The molecule has 3 rings (SSSR count). The summed E-state index contributed by atoms with van der Waals surface area (Å²) in [6, 6.07) is 5.23. The SMILES string of the molecule is CCc1nc2cc(C)c(C)cc2n1CCC1CCCCN1. The Kier molecular flexibility index (Phi) is 4.29. The molecule has 3 heteroatoms. The first-order chi connectivity index (χ1) is 10.2. The highest BCUT2D eigenvalue weighted by atomic mass is 15.1. The van der Waals surface area contributed by atoms with Crippen LogP contribution in [0.5, 0.6) is 0 Å². The van der Waals surface area contributed by atoms with E-state index >= 15 is 0 Å². The average Bonchev–Trinajstić information content (AvgIpc) is 2.83. The van der Waals surface area contributed by atoms with Gasteiger partial charge in [0.15, 0.2) is 0 Å². The number of aryl methyl sites for hydroxylation is 4. The van der Waals surface area contributed by atoms with Crippen LogP contribution in [-0.2, 0) is 13.0 Å². The van der Waals surface area contributed by atoms with Gasteiger partial charge in [-0.05, 0) is 62.9 Å². The highest BCUT2D eigenvalue weighted by molar-refractivity contribution is 5.78. The molecule has 1 N–H and O–H groups in total. The average molecular weight is 285 g/mol. The molecule has 1 aliphatic heterocycles. The van der Waals surface area contributed by atoms with Crippen molar-refractivity contribution in [2.75, 3.05) is 6.54 Å². The van der Waals surface area contributed by atoms with E-state index in [1.54, 1.807) is 0 Å². The van der Waals surface area contributed by atoms with Crippen LogP contribution in [0.2, 0.25) is 0 Å². The van der Waals surface area contributed by atoms with Gasteiger partial charge in [0, 0.05) is 19.0 Å². The number of nitrogens with zero attached hydrogens (tertiary/aromatic N) is 2. The van der Waals surface area contributed by atoms with E-state index < -0.39 is 0 Å². The normalized spacial score (nSPS) is 19.3. The number of piperidine rings is 1. The van der Waals surface area contributed by atoms with Crippen LogP contribution in [0.15, 0.2) is 12.1 Å². The van der Waals surface area contributed by atoms with E-state index in [0.29, 0.717) is 6.04 Å². The molecule has 0 saturated carbocycles. The van der Waals surface area contributed by atoms with Crippen molar-refractivity contribution in [1.82, 2.24) is 14.9 Å². The number of rotatable bonds is 4. The van der Waals surface area contributed by atoms with Crippen molar-refractivity contribution in [3.63, 3.8) is 0 Å². The molecule has 0 spiro atoms. The zero-order valence-electron chi connectivity index (χ0n) is 13.6. The predicted molar refractivity (Wildman–Crippen MR) is 88.8 cm³/mol. The second-order valence-corrected chi connectivity index (χ2v) is 6.39. The third-order valence-corrected chi connectivity index (χ3v) is 4.87. The van der Waals surface area contributed by atoms with Gasteiger partial charge in [-0.15, -0.1) is 0 Å². The van der Waals surface area contributed by atoms with Gasteiger partial charge in [0.2, 0.25) is 0 Å². The predicted octanol–water partition coefficient (Wildman–Crippen LogP) is 3.75. The summed E-state index contributed by atoms with van der Waals surface area (Å²) in [6.45, 7) is 8.84. The highest BCUT2D eigenvalue weighted by Gasteiger charge is 2.15. The minimum atomic E-state index is 0.687. The number of aromatic nitrogens is 2. The number of imidazole rings is 1. The van der Waals surface area contributed by atoms with E-state index in [0.717, 1.165) is 18.5 Å². The number of fused-ring (bicyclic) bond motifs is 1. The summed E-state index contributed by atoms with van der Waals surface area (Å²) >= 11 is 0. The maximum absolute atomic E-state index is 4.84. The molecule has 0 amide bonds. The molecule has 1 aliphatic rings. The first-order valence-corrected chi connectivity index (χ1v) is 8.38. The van der Waals surface area contributed by atoms with Gasteiger partial charge in [-0.2, -0.15) is 0 Å². The van der Waals surface area contributed by atoms with Crippen LogP contribution in [0.25, 0.3) is 11.0 Å². The zero-order chi connectivity index (χ0) is 14.8. The fraction of sp³-hybridized carbons (Fsp3) is 0.611. The second-order valence-electron chi connectivity index (χ2n) is 6.39. The molecule has 1 fully saturated rings. The van der Waals surface area contributed by atoms with E-state index in [9.17, 15) is 0 Å². The van der Waals surface area contributed by atoms with Gasteiger partial charge in [0.25, 0.3) is 0 Å². The number of benzene rings is 1. The number of nitrogens with one attached hydrogen (secondary N) is 1. The molecule has 2 aromatic rings. The highest BCUT2D eigenvalue weighted by Crippen LogP contribution is 2.22. The summed E-state index contributed by atoms with van der Waals surface area (Å²) in [4.78, 5) is 4.84. The Labute approximate surface area is 127 Å². The standard InChI is InChI=1S/C18H27N3/c1-4-18-20-16-11-13(2)14(3)12-17(16)21(18)10-8-15-7-5-6-9-19-15/h11-12,15,19H,4-10H2,1-3H3. The Morgan fingerprint density at radius 2 is 2.05 bits per heavy atom. The quantitative estimate of drug-likeness (QED) is 0.927. The molecule has 1 unspecified atom stereocenters. The zero-order valence-corrected chi connectivity index (χ0v) is 13.6. The lowest BCUT2D eigenvalue weighted by Gasteiger charge is -2.24. The van der Waals surface area contributed by atoms with Gasteiger partial charge in [-0.25, -0.2) is 4.98 Å².